The summed E-state index contributed by atoms with van der Waals surface area (Å²) < 4.78 is 2.41. The highest BCUT2D eigenvalue weighted by Gasteiger charge is 2.24. The lowest BCUT2D eigenvalue weighted by Crippen LogP contribution is -2.29. The predicted molar refractivity (Wildman–Crippen MR) is 108 cm³/mol. The van der Waals surface area contributed by atoms with Crippen molar-refractivity contribution in [1.29, 1.82) is 0 Å². The molecule has 1 fully saturated rings. The van der Waals surface area contributed by atoms with Gasteiger partial charge in [-0.3, -0.25) is 0 Å². The van der Waals surface area contributed by atoms with Crippen LogP contribution in [0.1, 0.15) is 48.4 Å². The lowest BCUT2D eigenvalue weighted by molar-refractivity contribution is 0.256. The molecule has 26 heavy (non-hydrogen) atoms. The Morgan fingerprint density at radius 3 is 2.46 bits per heavy atom. The van der Waals surface area contributed by atoms with Crippen LogP contribution in [0.2, 0.25) is 0 Å². The largest absolute Gasteiger partial charge is 0.508 e. The number of benzene rings is 2. The van der Waals surface area contributed by atoms with E-state index in [-0.39, 0.29) is 6.04 Å². The molecule has 0 amide bonds. The van der Waals surface area contributed by atoms with Crippen molar-refractivity contribution >= 4 is 10.9 Å². The van der Waals surface area contributed by atoms with E-state index in [1.165, 1.54) is 34.9 Å². The summed E-state index contributed by atoms with van der Waals surface area (Å²) in [7, 11) is 2.20. The molecule has 1 aliphatic rings. The summed E-state index contributed by atoms with van der Waals surface area (Å²) >= 11 is 0. The van der Waals surface area contributed by atoms with E-state index < -0.39 is 0 Å². The zero-order valence-corrected chi connectivity index (χ0v) is 15.9. The van der Waals surface area contributed by atoms with Crippen LogP contribution in [0.3, 0.4) is 0 Å². The van der Waals surface area contributed by atoms with Gasteiger partial charge in [-0.2, -0.15) is 0 Å². The van der Waals surface area contributed by atoms with E-state index in [2.05, 4.69) is 66.9 Å². The molecular formula is C23H28N2O. The number of aryl methyl sites for hydroxylation is 1. The van der Waals surface area contributed by atoms with Crippen molar-refractivity contribution < 1.29 is 5.11 Å². The number of aromatic nitrogens is 1. The third-order valence-corrected chi connectivity index (χ3v) is 5.99. The lowest BCUT2D eigenvalue weighted by Gasteiger charge is -2.28. The van der Waals surface area contributed by atoms with E-state index in [4.69, 9.17) is 0 Å². The average molecular weight is 348 g/mol. The van der Waals surface area contributed by atoms with Crippen LogP contribution in [0.25, 0.3) is 10.9 Å². The van der Waals surface area contributed by atoms with Gasteiger partial charge >= 0.3 is 0 Å². The molecule has 0 radical (unpaired) electrons. The predicted octanol–water partition coefficient (Wildman–Crippen LogP) is 5.07. The van der Waals surface area contributed by atoms with E-state index in [9.17, 15) is 5.11 Å². The number of phenolic OH excluding ortho intramolecular Hbond substituents is 1. The number of hydrogen-bond acceptors (Lipinski definition) is 2. The lowest BCUT2D eigenvalue weighted by atomic mass is 9.89. The summed E-state index contributed by atoms with van der Waals surface area (Å²) in [6.07, 6.45) is 4.72. The standard InChI is InChI=1S/C23H28N2O/c1-16-13-20(26)14-21-22(19-9-11-24(3)12-10-19)15-25(23(16)21)17(2)18-7-5-4-6-8-18/h4-8,13-15,17,19,26H,9-12H2,1-3H3. The topological polar surface area (TPSA) is 28.4 Å². The minimum Gasteiger partial charge on any atom is -0.508 e. The molecule has 136 valence electrons. The fraction of sp³-hybridized carbons (Fsp3) is 0.391. The maximum Gasteiger partial charge on any atom is 0.116 e. The molecule has 3 nitrogen and oxygen atoms in total. The monoisotopic (exact) mass is 348 g/mol. The average Bonchev–Trinajstić information content (AvgIpc) is 3.02. The van der Waals surface area contributed by atoms with E-state index in [1.54, 1.807) is 0 Å². The summed E-state index contributed by atoms with van der Waals surface area (Å²) in [6.45, 7) is 6.65. The zero-order valence-electron chi connectivity index (χ0n) is 15.9. The molecule has 4 rings (SSSR count). The van der Waals surface area contributed by atoms with Gasteiger partial charge in [0.15, 0.2) is 0 Å². The van der Waals surface area contributed by atoms with Crippen LogP contribution < -0.4 is 0 Å². The Labute approximate surface area is 155 Å². The summed E-state index contributed by atoms with van der Waals surface area (Å²) in [5.74, 6) is 0.938. The molecule has 1 atom stereocenters. The fourth-order valence-corrected chi connectivity index (χ4v) is 4.45. The molecule has 0 aliphatic carbocycles. The Balaban J connectivity index is 1.85. The van der Waals surface area contributed by atoms with E-state index in [1.807, 2.05) is 12.1 Å². The molecule has 3 heteroatoms. The maximum absolute atomic E-state index is 10.2. The SMILES string of the molecule is Cc1cc(O)cc2c(C3CCN(C)CC3)cn(C(C)c3ccccc3)c12. The number of phenols is 1. The number of fused-ring (bicyclic) bond motifs is 1. The molecule has 1 saturated heterocycles. The summed E-state index contributed by atoms with van der Waals surface area (Å²) in [6, 6.07) is 14.8. The summed E-state index contributed by atoms with van der Waals surface area (Å²) in [5, 5.41) is 11.4. The van der Waals surface area contributed by atoms with Crippen LogP contribution in [0, 0.1) is 6.92 Å². The van der Waals surface area contributed by atoms with Gasteiger partial charge < -0.3 is 14.6 Å². The van der Waals surface area contributed by atoms with Crippen molar-refractivity contribution in [2.24, 2.45) is 0 Å². The Morgan fingerprint density at radius 2 is 1.77 bits per heavy atom. The second kappa shape index (κ2) is 6.81. The molecule has 1 aliphatic heterocycles. The van der Waals surface area contributed by atoms with Crippen molar-refractivity contribution in [3.8, 4) is 5.75 Å². The Kier molecular flexibility index (Phi) is 4.49. The summed E-state index contributed by atoms with van der Waals surface area (Å²) in [5.41, 5.74) is 5.11. The van der Waals surface area contributed by atoms with Crippen molar-refractivity contribution in [1.82, 2.24) is 9.47 Å². The first-order valence-corrected chi connectivity index (χ1v) is 9.62. The second-order valence-electron chi connectivity index (χ2n) is 7.81. The third-order valence-electron chi connectivity index (χ3n) is 5.99. The molecule has 1 N–H and O–H groups in total. The zero-order chi connectivity index (χ0) is 18.3. The molecular weight excluding hydrogens is 320 g/mol. The number of piperidine rings is 1. The molecule has 1 unspecified atom stereocenters. The molecule has 0 bridgehead atoms. The second-order valence-corrected chi connectivity index (χ2v) is 7.81. The first kappa shape index (κ1) is 17.2. The van der Waals surface area contributed by atoms with Crippen LogP contribution in [-0.2, 0) is 0 Å². The minimum atomic E-state index is 0.266. The van der Waals surface area contributed by atoms with Crippen LogP contribution in [0.15, 0.2) is 48.7 Å². The van der Waals surface area contributed by atoms with E-state index in [0.29, 0.717) is 11.7 Å². The number of aromatic hydroxyl groups is 1. The molecule has 2 heterocycles. The van der Waals surface area contributed by atoms with E-state index >= 15 is 0 Å². The summed E-state index contributed by atoms with van der Waals surface area (Å²) in [4.78, 5) is 2.41. The van der Waals surface area contributed by atoms with Crippen LogP contribution in [-0.4, -0.2) is 34.7 Å². The van der Waals surface area contributed by atoms with Crippen LogP contribution >= 0.6 is 0 Å². The number of hydrogen-bond donors (Lipinski definition) is 1. The Hall–Kier alpha value is -2.26. The van der Waals surface area contributed by atoms with Gasteiger partial charge in [-0.25, -0.2) is 0 Å². The van der Waals surface area contributed by atoms with Gasteiger partial charge in [-0.1, -0.05) is 30.3 Å². The number of likely N-dealkylation sites (tertiary alicyclic amines) is 1. The van der Waals surface area contributed by atoms with Gasteiger partial charge in [0.05, 0.1) is 11.6 Å². The quantitative estimate of drug-likeness (QED) is 0.715. The third kappa shape index (κ3) is 3.01. The maximum atomic E-state index is 10.2. The normalized spacial score (nSPS) is 17.7. The van der Waals surface area contributed by atoms with E-state index in [0.717, 1.165) is 18.7 Å². The van der Waals surface area contributed by atoms with Crippen molar-refractivity contribution in [2.45, 2.75) is 38.6 Å². The van der Waals surface area contributed by atoms with Crippen molar-refractivity contribution in [2.75, 3.05) is 20.1 Å². The van der Waals surface area contributed by atoms with Gasteiger partial charge in [0.1, 0.15) is 5.75 Å². The molecule has 0 saturated carbocycles. The number of rotatable bonds is 3. The highest BCUT2D eigenvalue weighted by Crippen LogP contribution is 2.39. The van der Waals surface area contributed by atoms with Crippen LogP contribution in [0.5, 0.6) is 5.75 Å². The highest BCUT2D eigenvalue weighted by molar-refractivity contribution is 5.89. The van der Waals surface area contributed by atoms with Gasteiger partial charge in [-0.15, -0.1) is 0 Å². The highest BCUT2D eigenvalue weighted by atomic mass is 16.3. The van der Waals surface area contributed by atoms with Crippen molar-refractivity contribution in [3.63, 3.8) is 0 Å². The van der Waals surface area contributed by atoms with Gasteiger partial charge in [0.2, 0.25) is 0 Å². The Morgan fingerprint density at radius 1 is 1.08 bits per heavy atom. The first-order chi connectivity index (χ1) is 12.5. The van der Waals surface area contributed by atoms with Crippen molar-refractivity contribution in [3.05, 3.63) is 65.4 Å². The Bertz CT molecular complexity index is 905. The fourth-order valence-electron chi connectivity index (χ4n) is 4.45. The van der Waals surface area contributed by atoms with Gasteiger partial charge in [0.25, 0.3) is 0 Å². The van der Waals surface area contributed by atoms with Gasteiger partial charge in [0, 0.05) is 11.6 Å². The number of nitrogens with zero attached hydrogens (tertiary/aromatic N) is 2. The van der Waals surface area contributed by atoms with Crippen LogP contribution in [0.4, 0.5) is 0 Å². The molecule has 3 aromatic rings. The van der Waals surface area contributed by atoms with Gasteiger partial charge in [-0.05, 0) is 81.6 Å². The molecule has 1 aromatic heterocycles. The first-order valence-electron chi connectivity index (χ1n) is 9.62. The molecule has 0 spiro atoms. The molecule has 2 aromatic carbocycles. The minimum absolute atomic E-state index is 0.266. The smallest absolute Gasteiger partial charge is 0.116 e.